The van der Waals surface area contributed by atoms with Crippen molar-refractivity contribution in [1.82, 2.24) is 5.32 Å². The number of hydrogen-bond donors (Lipinski definition) is 2. The monoisotopic (exact) mass is 230 g/mol. The molecular formula is C12H26N2O2. The molecule has 0 radical (unpaired) electrons. The van der Waals surface area contributed by atoms with E-state index >= 15 is 0 Å². The molecule has 0 aromatic rings. The Morgan fingerprint density at radius 3 is 2.50 bits per heavy atom. The van der Waals surface area contributed by atoms with Crippen LogP contribution in [-0.4, -0.2) is 31.2 Å². The van der Waals surface area contributed by atoms with Gasteiger partial charge in [-0.15, -0.1) is 0 Å². The van der Waals surface area contributed by atoms with Gasteiger partial charge in [-0.05, 0) is 26.2 Å². The molecule has 0 aliphatic carbocycles. The van der Waals surface area contributed by atoms with Gasteiger partial charge in [-0.1, -0.05) is 20.3 Å². The van der Waals surface area contributed by atoms with Crippen LogP contribution in [-0.2, 0) is 9.53 Å². The van der Waals surface area contributed by atoms with Crippen LogP contribution in [0.5, 0.6) is 0 Å². The zero-order valence-electron chi connectivity index (χ0n) is 11.0. The Morgan fingerprint density at radius 1 is 1.38 bits per heavy atom. The highest BCUT2D eigenvalue weighted by Crippen LogP contribution is 2.04. The molecule has 0 aliphatic heterocycles. The van der Waals surface area contributed by atoms with Crippen molar-refractivity contribution in [2.24, 2.45) is 11.7 Å². The summed E-state index contributed by atoms with van der Waals surface area (Å²) in [6.45, 7) is 9.33. The molecule has 4 heteroatoms. The van der Waals surface area contributed by atoms with Crippen molar-refractivity contribution in [3.63, 3.8) is 0 Å². The Kier molecular flexibility index (Phi) is 8.21. The van der Waals surface area contributed by atoms with E-state index in [-0.39, 0.29) is 17.9 Å². The van der Waals surface area contributed by atoms with E-state index in [4.69, 9.17) is 10.5 Å². The van der Waals surface area contributed by atoms with Crippen LogP contribution in [0.1, 0.15) is 40.5 Å². The van der Waals surface area contributed by atoms with E-state index < -0.39 is 6.04 Å². The van der Waals surface area contributed by atoms with Crippen LogP contribution in [0, 0.1) is 5.92 Å². The molecule has 0 aliphatic rings. The van der Waals surface area contributed by atoms with Crippen molar-refractivity contribution in [3.8, 4) is 0 Å². The Labute approximate surface area is 98.9 Å². The highest BCUT2D eigenvalue weighted by atomic mass is 16.5. The normalized spacial score (nSPS) is 14.9. The maximum atomic E-state index is 11.6. The van der Waals surface area contributed by atoms with Gasteiger partial charge in [-0.25, -0.2) is 0 Å². The third kappa shape index (κ3) is 6.80. The highest BCUT2D eigenvalue weighted by Gasteiger charge is 2.18. The van der Waals surface area contributed by atoms with E-state index in [1.165, 1.54) is 0 Å². The number of rotatable bonds is 8. The fourth-order valence-electron chi connectivity index (χ4n) is 1.23. The van der Waals surface area contributed by atoms with Gasteiger partial charge in [0.25, 0.3) is 0 Å². The number of amides is 1. The van der Waals surface area contributed by atoms with Gasteiger partial charge in [0.05, 0.1) is 12.1 Å². The summed E-state index contributed by atoms with van der Waals surface area (Å²) < 4.78 is 5.37. The summed E-state index contributed by atoms with van der Waals surface area (Å²) in [6, 6.07) is -0.393. The SMILES string of the molecule is CC[C@H](C)[C@H](N)C(=O)NCCCOC(C)C. The van der Waals surface area contributed by atoms with Gasteiger partial charge >= 0.3 is 0 Å². The van der Waals surface area contributed by atoms with Gasteiger partial charge in [-0.3, -0.25) is 4.79 Å². The summed E-state index contributed by atoms with van der Waals surface area (Å²) in [7, 11) is 0. The van der Waals surface area contributed by atoms with Gasteiger partial charge in [0, 0.05) is 13.2 Å². The average molecular weight is 230 g/mol. The fourth-order valence-corrected chi connectivity index (χ4v) is 1.23. The smallest absolute Gasteiger partial charge is 0.237 e. The van der Waals surface area contributed by atoms with Crippen LogP contribution in [0.3, 0.4) is 0 Å². The molecule has 16 heavy (non-hydrogen) atoms. The number of carbonyl (C=O) groups is 1. The van der Waals surface area contributed by atoms with Gasteiger partial charge in [0.1, 0.15) is 0 Å². The minimum atomic E-state index is -0.393. The number of nitrogens with two attached hydrogens (primary N) is 1. The Morgan fingerprint density at radius 2 is 2.00 bits per heavy atom. The third-order valence-electron chi connectivity index (χ3n) is 2.63. The zero-order chi connectivity index (χ0) is 12.6. The van der Waals surface area contributed by atoms with Crippen LogP contribution < -0.4 is 11.1 Å². The Hall–Kier alpha value is -0.610. The molecule has 0 rings (SSSR count). The molecule has 0 aromatic carbocycles. The molecule has 0 unspecified atom stereocenters. The third-order valence-corrected chi connectivity index (χ3v) is 2.63. The van der Waals surface area contributed by atoms with Gasteiger partial charge in [0.15, 0.2) is 0 Å². The van der Waals surface area contributed by atoms with Crippen LogP contribution in [0.4, 0.5) is 0 Å². The summed E-state index contributed by atoms with van der Waals surface area (Å²) in [4.78, 5) is 11.6. The molecule has 0 heterocycles. The summed E-state index contributed by atoms with van der Waals surface area (Å²) in [6.07, 6.45) is 2.00. The van der Waals surface area contributed by atoms with Gasteiger partial charge in [0.2, 0.25) is 5.91 Å². The van der Waals surface area contributed by atoms with E-state index in [1.54, 1.807) is 0 Å². The number of ether oxygens (including phenoxy) is 1. The first-order valence-electron chi connectivity index (χ1n) is 6.13. The highest BCUT2D eigenvalue weighted by molar-refractivity contribution is 5.81. The van der Waals surface area contributed by atoms with Crippen LogP contribution in [0.25, 0.3) is 0 Å². The van der Waals surface area contributed by atoms with Crippen LogP contribution >= 0.6 is 0 Å². The lowest BCUT2D eigenvalue weighted by molar-refractivity contribution is -0.123. The molecule has 2 atom stereocenters. The Balaban J connectivity index is 3.57. The molecule has 0 saturated carbocycles. The van der Waals surface area contributed by atoms with Gasteiger partial charge in [-0.2, -0.15) is 0 Å². The maximum Gasteiger partial charge on any atom is 0.237 e. The van der Waals surface area contributed by atoms with Crippen molar-refractivity contribution < 1.29 is 9.53 Å². The lowest BCUT2D eigenvalue weighted by atomic mass is 9.99. The number of hydrogen-bond acceptors (Lipinski definition) is 3. The molecule has 0 bridgehead atoms. The molecule has 0 fully saturated rings. The summed E-state index contributed by atoms with van der Waals surface area (Å²) in [5, 5.41) is 2.83. The maximum absolute atomic E-state index is 11.6. The first kappa shape index (κ1) is 15.4. The predicted molar refractivity (Wildman–Crippen MR) is 66.1 cm³/mol. The molecule has 0 saturated heterocycles. The second-order valence-electron chi connectivity index (χ2n) is 4.48. The molecular weight excluding hydrogens is 204 g/mol. The van der Waals surface area contributed by atoms with E-state index in [0.717, 1.165) is 12.8 Å². The van der Waals surface area contributed by atoms with E-state index in [0.29, 0.717) is 13.2 Å². The second kappa shape index (κ2) is 8.53. The van der Waals surface area contributed by atoms with E-state index in [1.807, 2.05) is 27.7 Å². The summed E-state index contributed by atoms with van der Waals surface area (Å²) >= 11 is 0. The quantitative estimate of drug-likeness (QED) is 0.618. The van der Waals surface area contributed by atoms with E-state index in [9.17, 15) is 4.79 Å². The van der Waals surface area contributed by atoms with Crippen molar-refractivity contribution in [3.05, 3.63) is 0 Å². The number of nitrogens with one attached hydrogen (secondary N) is 1. The summed E-state index contributed by atoms with van der Waals surface area (Å²) in [5.41, 5.74) is 5.79. The van der Waals surface area contributed by atoms with E-state index in [2.05, 4.69) is 5.32 Å². The first-order chi connectivity index (χ1) is 7.49. The molecule has 0 aromatic heterocycles. The molecule has 0 spiro atoms. The summed E-state index contributed by atoms with van der Waals surface area (Å²) in [5.74, 6) is 0.172. The molecule has 4 nitrogen and oxygen atoms in total. The lowest BCUT2D eigenvalue weighted by Gasteiger charge is -2.17. The molecule has 1 amide bonds. The van der Waals surface area contributed by atoms with Crippen LogP contribution in [0.2, 0.25) is 0 Å². The van der Waals surface area contributed by atoms with Crippen molar-refractivity contribution in [2.45, 2.75) is 52.7 Å². The lowest BCUT2D eigenvalue weighted by Crippen LogP contribution is -2.45. The van der Waals surface area contributed by atoms with Crippen molar-refractivity contribution >= 4 is 5.91 Å². The van der Waals surface area contributed by atoms with Crippen LogP contribution in [0.15, 0.2) is 0 Å². The first-order valence-corrected chi connectivity index (χ1v) is 6.13. The van der Waals surface area contributed by atoms with Crippen molar-refractivity contribution in [1.29, 1.82) is 0 Å². The molecule has 96 valence electrons. The molecule has 3 N–H and O–H groups in total. The fraction of sp³-hybridized carbons (Fsp3) is 0.917. The van der Waals surface area contributed by atoms with Gasteiger partial charge < -0.3 is 15.8 Å². The zero-order valence-corrected chi connectivity index (χ0v) is 11.0. The topological polar surface area (TPSA) is 64.4 Å². The minimum absolute atomic E-state index is 0.0566. The van der Waals surface area contributed by atoms with Crippen molar-refractivity contribution in [2.75, 3.05) is 13.2 Å². The Bertz CT molecular complexity index is 195. The standard InChI is InChI=1S/C12H26N2O2/c1-5-10(4)11(13)12(15)14-7-6-8-16-9(2)3/h9-11H,5-8,13H2,1-4H3,(H,14,15)/t10-,11-/m0/s1. The largest absolute Gasteiger partial charge is 0.379 e. The minimum Gasteiger partial charge on any atom is -0.379 e. The number of carbonyl (C=O) groups excluding carboxylic acids is 1. The second-order valence-corrected chi connectivity index (χ2v) is 4.48. The predicted octanol–water partition coefficient (Wildman–Crippen LogP) is 1.29. The average Bonchev–Trinajstić information content (AvgIpc) is 2.25.